The van der Waals surface area contributed by atoms with Crippen molar-refractivity contribution in [2.75, 3.05) is 0 Å². The quantitative estimate of drug-likeness (QED) is 0.633. The van der Waals surface area contributed by atoms with E-state index in [1.165, 1.54) is 5.56 Å². The number of aromatic nitrogens is 2. The Kier molecular flexibility index (Phi) is 7.16. The van der Waals surface area contributed by atoms with E-state index in [9.17, 15) is 4.79 Å². The van der Waals surface area contributed by atoms with Crippen LogP contribution in [0.2, 0.25) is 0 Å². The molecule has 0 saturated carbocycles. The number of nitrogens with zero attached hydrogens (tertiary/aromatic N) is 2. The van der Waals surface area contributed by atoms with Crippen LogP contribution in [0.5, 0.6) is 0 Å². The van der Waals surface area contributed by atoms with Gasteiger partial charge in [-0.15, -0.1) is 0 Å². The van der Waals surface area contributed by atoms with Crippen LogP contribution in [0.1, 0.15) is 39.8 Å². The summed E-state index contributed by atoms with van der Waals surface area (Å²) >= 11 is 3.43. The molecule has 0 spiro atoms. The molecule has 0 bridgehead atoms. The maximum Gasteiger partial charge on any atom is 0.356 e. The summed E-state index contributed by atoms with van der Waals surface area (Å²) in [4.78, 5) is 10.9. The molecular formula is C21H23BrN2O2. The monoisotopic (exact) mass is 414 g/mol. The van der Waals surface area contributed by atoms with Gasteiger partial charge in [0, 0.05) is 10.2 Å². The predicted octanol–water partition coefficient (Wildman–Crippen LogP) is 5.26. The van der Waals surface area contributed by atoms with Gasteiger partial charge in [0.05, 0.1) is 6.54 Å². The number of carboxylic acid groups (broad SMARTS) is 1. The van der Waals surface area contributed by atoms with E-state index in [2.05, 4.69) is 52.2 Å². The van der Waals surface area contributed by atoms with Gasteiger partial charge < -0.3 is 5.11 Å². The summed E-state index contributed by atoms with van der Waals surface area (Å²) in [6.07, 6.45) is 1.14. The highest BCUT2D eigenvalue weighted by Gasteiger charge is 2.11. The van der Waals surface area contributed by atoms with E-state index in [1.54, 1.807) is 10.7 Å². The molecule has 0 aliphatic rings. The van der Waals surface area contributed by atoms with Gasteiger partial charge in [-0.1, -0.05) is 59.3 Å². The minimum atomic E-state index is -0.997. The highest BCUT2D eigenvalue weighted by Crippen LogP contribution is 2.18. The van der Waals surface area contributed by atoms with Gasteiger partial charge in [0.15, 0.2) is 5.69 Å². The SMILES string of the molecule is CCc1ccccc1.Cc1ccc(Br)cc1Cn1nc(C(=O)O)cc1C. The van der Waals surface area contributed by atoms with Crippen LogP contribution in [-0.4, -0.2) is 20.9 Å². The normalized spacial score (nSPS) is 10.2. The molecule has 0 amide bonds. The van der Waals surface area contributed by atoms with Crippen LogP contribution in [0.3, 0.4) is 0 Å². The number of hydrogen-bond donors (Lipinski definition) is 1. The fourth-order valence-corrected chi connectivity index (χ4v) is 2.87. The molecule has 136 valence electrons. The van der Waals surface area contributed by atoms with Crippen LogP contribution in [0.15, 0.2) is 59.1 Å². The Labute approximate surface area is 162 Å². The molecule has 1 N–H and O–H groups in total. The maximum absolute atomic E-state index is 10.9. The molecule has 2 aromatic carbocycles. The van der Waals surface area contributed by atoms with Gasteiger partial charge in [0.2, 0.25) is 0 Å². The number of benzene rings is 2. The van der Waals surface area contributed by atoms with Crippen LogP contribution >= 0.6 is 15.9 Å². The zero-order valence-electron chi connectivity index (χ0n) is 15.2. The molecule has 0 aliphatic carbocycles. The van der Waals surface area contributed by atoms with Crippen LogP contribution in [0, 0.1) is 13.8 Å². The molecule has 5 heteroatoms. The summed E-state index contributed by atoms with van der Waals surface area (Å²) < 4.78 is 2.71. The molecule has 0 fully saturated rings. The first kappa shape index (κ1) is 19.9. The van der Waals surface area contributed by atoms with Crippen LogP contribution in [0.25, 0.3) is 0 Å². The van der Waals surface area contributed by atoms with E-state index in [4.69, 9.17) is 5.11 Å². The van der Waals surface area contributed by atoms with Crippen LogP contribution in [-0.2, 0) is 13.0 Å². The molecule has 0 unspecified atom stereocenters. The van der Waals surface area contributed by atoms with Crippen molar-refractivity contribution in [2.24, 2.45) is 0 Å². The lowest BCUT2D eigenvalue weighted by atomic mass is 10.1. The van der Waals surface area contributed by atoms with Gasteiger partial charge in [-0.3, -0.25) is 4.68 Å². The highest BCUT2D eigenvalue weighted by atomic mass is 79.9. The largest absolute Gasteiger partial charge is 0.476 e. The average molecular weight is 415 g/mol. The van der Waals surface area contributed by atoms with Crippen molar-refractivity contribution in [3.05, 3.63) is 87.1 Å². The number of hydrogen-bond acceptors (Lipinski definition) is 2. The van der Waals surface area contributed by atoms with Crippen molar-refractivity contribution in [1.82, 2.24) is 9.78 Å². The van der Waals surface area contributed by atoms with Gasteiger partial charge in [0.1, 0.15) is 0 Å². The summed E-state index contributed by atoms with van der Waals surface area (Å²) in [6.45, 7) is 6.62. The molecule has 3 rings (SSSR count). The zero-order valence-corrected chi connectivity index (χ0v) is 16.8. The third-order valence-electron chi connectivity index (χ3n) is 4.08. The van der Waals surface area contributed by atoms with Crippen LogP contribution in [0.4, 0.5) is 0 Å². The van der Waals surface area contributed by atoms with Crippen molar-refractivity contribution >= 4 is 21.9 Å². The van der Waals surface area contributed by atoms with E-state index in [0.717, 1.165) is 27.7 Å². The Morgan fingerprint density at radius 2 is 1.81 bits per heavy atom. The first-order valence-electron chi connectivity index (χ1n) is 8.47. The van der Waals surface area contributed by atoms with Gasteiger partial charge in [-0.25, -0.2) is 4.79 Å². The van der Waals surface area contributed by atoms with E-state index in [0.29, 0.717) is 6.54 Å². The Bertz CT molecular complexity index is 873. The molecule has 26 heavy (non-hydrogen) atoms. The molecule has 4 nitrogen and oxygen atoms in total. The first-order valence-corrected chi connectivity index (χ1v) is 9.26. The standard InChI is InChI=1S/C13H13BrN2O2.C8H10/c1-8-3-4-11(14)6-10(8)7-16-9(2)5-12(15-16)13(17)18;1-2-8-6-4-3-5-7-8/h3-6H,7H2,1-2H3,(H,17,18);3-7H,2H2,1H3. The van der Waals surface area contributed by atoms with E-state index >= 15 is 0 Å². The minimum absolute atomic E-state index is 0.0835. The number of aryl methyl sites for hydroxylation is 3. The molecule has 0 saturated heterocycles. The fraction of sp³-hybridized carbons (Fsp3) is 0.238. The molecule has 0 aliphatic heterocycles. The molecular weight excluding hydrogens is 392 g/mol. The number of carboxylic acids is 1. The third-order valence-corrected chi connectivity index (χ3v) is 4.58. The lowest BCUT2D eigenvalue weighted by molar-refractivity contribution is 0.0689. The number of carbonyl (C=O) groups is 1. The Morgan fingerprint density at radius 3 is 2.35 bits per heavy atom. The smallest absolute Gasteiger partial charge is 0.356 e. The van der Waals surface area contributed by atoms with Crippen molar-refractivity contribution < 1.29 is 9.90 Å². The van der Waals surface area contributed by atoms with E-state index in [1.807, 2.05) is 38.1 Å². The van der Waals surface area contributed by atoms with E-state index in [-0.39, 0.29) is 5.69 Å². The van der Waals surface area contributed by atoms with Crippen molar-refractivity contribution in [3.8, 4) is 0 Å². The summed E-state index contributed by atoms with van der Waals surface area (Å²) in [5, 5.41) is 13.0. The highest BCUT2D eigenvalue weighted by molar-refractivity contribution is 9.10. The zero-order chi connectivity index (χ0) is 19.1. The van der Waals surface area contributed by atoms with Crippen molar-refractivity contribution in [2.45, 2.75) is 33.7 Å². The maximum atomic E-state index is 10.9. The van der Waals surface area contributed by atoms with Gasteiger partial charge >= 0.3 is 5.97 Å². The van der Waals surface area contributed by atoms with Gasteiger partial charge in [0.25, 0.3) is 0 Å². The summed E-state index contributed by atoms with van der Waals surface area (Å²) in [7, 11) is 0. The number of aromatic carboxylic acids is 1. The molecule has 1 heterocycles. The molecule has 1 aromatic heterocycles. The molecule has 3 aromatic rings. The Hall–Kier alpha value is -2.40. The summed E-state index contributed by atoms with van der Waals surface area (Å²) in [5.41, 5.74) is 4.61. The lowest BCUT2D eigenvalue weighted by Crippen LogP contribution is -2.07. The second-order valence-electron chi connectivity index (χ2n) is 6.04. The van der Waals surface area contributed by atoms with Gasteiger partial charge in [-0.2, -0.15) is 5.10 Å². The summed E-state index contributed by atoms with van der Waals surface area (Å²) in [6, 6.07) is 18.1. The second kappa shape index (κ2) is 9.34. The second-order valence-corrected chi connectivity index (χ2v) is 6.96. The fourth-order valence-electron chi connectivity index (χ4n) is 2.46. The molecule has 0 radical (unpaired) electrons. The third kappa shape index (κ3) is 5.56. The first-order chi connectivity index (χ1) is 12.4. The van der Waals surface area contributed by atoms with Crippen molar-refractivity contribution in [1.29, 1.82) is 0 Å². The minimum Gasteiger partial charge on any atom is -0.476 e. The number of halogens is 1. The predicted molar refractivity (Wildman–Crippen MR) is 108 cm³/mol. The lowest BCUT2D eigenvalue weighted by Gasteiger charge is -2.08. The van der Waals surface area contributed by atoms with Crippen molar-refractivity contribution in [3.63, 3.8) is 0 Å². The average Bonchev–Trinajstić information content (AvgIpc) is 3.00. The Morgan fingerprint density at radius 1 is 1.12 bits per heavy atom. The van der Waals surface area contributed by atoms with Gasteiger partial charge in [-0.05, 0) is 55.2 Å². The summed E-state index contributed by atoms with van der Waals surface area (Å²) in [5.74, 6) is -0.997. The number of rotatable bonds is 4. The van der Waals surface area contributed by atoms with Crippen LogP contribution < -0.4 is 0 Å². The topological polar surface area (TPSA) is 55.1 Å². The van der Waals surface area contributed by atoms with E-state index < -0.39 is 5.97 Å². The molecule has 0 atom stereocenters. The Balaban J connectivity index is 0.000000254.